The lowest BCUT2D eigenvalue weighted by atomic mass is 10.0. The number of hydrogen-bond donors (Lipinski definition) is 0. The lowest BCUT2D eigenvalue weighted by Crippen LogP contribution is -2.35. The van der Waals surface area contributed by atoms with Gasteiger partial charge < -0.3 is 4.57 Å². The van der Waals surface area contributed by atoms with Gasteiger partial charge in [-0.25, -0.2) is 8.42 Å². The van der Waals surface area contributed by atoms with Crippen molar-refractivity contribution in [2.45, 2.75) is 31.3 Å². The number of aromatic nitrogens is 1. The van der Waals surface area contributed by atoms with Crippen molar-refractivity contribution in [3.8, 4) is 0 Å². The molecule has 5 rings (SSSR count). The molecule has 1 aliphatic heterocycles. The summed E-state index contributed by atoms with van der Waals surface area (Å²) in [5, 5.41) is 0. The minimum absolute atomic E-state index is 0.174. The molecule has 0 saturated carbocycles. The Bertz CT molecular complexity index is 1610. The summed E-state index contributed by atoms with van der Waals surface area (Å²) in [6, 6.07) is 20.0. The van der Waals surface area contributed by atoms with Crippen molar-refractivity contribution < 1.29 is 13.2 Å². The third kappa shape index (κ3) is 4.40. The zero-order valence-electron chi connectivity index (χ0n) is 19.3. The Kier molecular flexibility index (Phi) is 6.27. The number of carbonyl (C=O) groups excluding carboxylic acids is 1. The Morgan fingerprint density at radius 3 is 2.54 bits per heavy atom. The number of sulfonamides is 1. The Morgan fingerprint density at radius 1 is 1.06 bits per heavy atom. The van der Waals surface area contributed by atoms with Gasteiger partial charge in [0.1, 0.15) is 0 Å². The van der Waals surface area contributed by atoms with Crippen LogP contribution < -0.4 is 4.80 Å². The van der Waals surface area contributed by atoms with Gasteiger partial charge in [-0.1, -0.05) is 53.8 Å². The molecule has 0 unspecified atom stereocenters. The van der Waals surface area contributed by atoms with Gasteiger partial charge in [-0.15, -0.1) is 6.58 Å². The van der Waals surface area contributed by atoms with Gasteiger partial charge in [-0.05, 0) is 60.4 Å². The van der Waals surface area contributed by atoms with Gasteiger partial charge in [0.15, 0.2) is 4.80 Å². The van der Waals surface area contributed by atoms with Crippen molar-refractivity contribution in [2.24, 2.45) is 4.99 Å². The number of nitrogens with zero attached hydrogens (tertiary/aromatic N) is 3. The Labute approximate surface area is 208 Å². The average molecular weight is 504 g/mol. The highest BCUT2D eigenvalue weighted by Crippen LogP contribution is 2.25. The molecule has 0 saturated heterocycles. The molecule has 3 aromatic carbocycles. The smallest absolute Gasteiger partial charge is 0.279 e. The molecule has 0 atom stereocenters. The second kappa shape index (κ2) is 9.37. The van der Waals surface area contributed by atoms with Crippen molar-refractivity contribution in [3.05, 3.63) is 106 Å². The maximum absolute atomic E-state index is 13.2. The van der Waals surface area contributed by atoms with Crippen LogP contribution in [-0.4, -0.2) is 29.7 Å². The Hall–Kier alpha value is -3.33. The van der Waals surface area contributed by atoms with E-state index in [-0.39, 0.29) is 4.90 Å². The molecule has 0 bridgehead atoms. The van der Waals surface area contributed by atoms with E-state index in [9.17, 15) is 13.2 Å². The van der Waals surface area contributed by atoms with Crippen molar-refractivity contribution in [1.82, 2.24) is 8.87 Å². The minimum Gasteiger partial charge on any atom is -0.312 e. The quantitative estimate of drug-likeness (QED) is 0.371. The molecule has 0 radical (unpaired) electrons. The van der Waals surface area contributed by atoms with E-state index in [0.717, 1.165) is 21.3 Å². The number of fused-ring (bicyclic) bond motifs is 2. The summed E-state index contributed by atoms with van der Waals surface area (Å²) in [7, 11) is -3.66. The maximum atomic E-state index is 13.2. The topological polar surface area (TPSA) is 71.7 Å². The van der Waals surface area contributed by atoms with Crippen molar-refractivity contribution in [2.75, 3.05) is 6.54 Å². The van der Waals surface area contributed by atoms with E-state index >= 15 is 0 Å². The zero-order chi connectivity index (χ0) is 24.6. The van der Waals surface area contributed by atoms with E-state index in [1.54, 1.807) is 6.08 Å². The first-order valence-electron chi connectivity index (χ1n) is 11.3. The summed E-state index contributed by atoms with van der Waals surface area (Å²) >= 11 is 1.45. The third-order valence-corrected chi connectivity index (χ3v) is 9.15. The van der Waals surface area contributed by atoms with Crippen LogP contribution in [0.4, 0.5) is 0 Å². The van der Waals surface area contributed by atoms with Crippen LogP contribution in [0.2, 0.25) is 0 Å². The average Bonchev–Trinajstić information content (AvgIpc) is 3.22. The number of hydrogen-bond acceptors (Lipinski definition) is 4. The number of amides is 1. The van der Waals surface area contributed by atoms with E-state index in [0.29, 0.717) is 36.4 Å². The number of allylic oxidation sites excluding steroid dienone is 1. The lowest BCUT2D eigenvalue weighted by Gasteiger charge is -2.28. The number of thiazole rings is 1. The van der Waals surface area contributed by atoms with Gasteiger partial charge in [0.05, 0.1) is 15.1 Å². The molecule has 178 valence electrons. The number of rotatable bonds is 5. The summed E-state index contributed by atoms with van der Waals surface area (Å²) in [6.07, 6.45) is 2.46. The summed E-state index contributed by atoms with van der Waals surface area (Å²) in [4.78, 5) is 18.1. The fourth-order valence-electron chi connectivity index (χ4n) is 4.44. The highest BCUT2D eigenvalue weighted by Gasteiger charge is 2.28. The van der Waals surface area contributed by atoms with Gasteiger partial charge in [0.25, 0.3) is 5.91 Å². The predicted molar refractivity (Wildman–Crippen MR) is 139 cm³/mol. The lowest BCUT2D eigenvalue weighted by molar-refractivity contribution is 0.0997. The second-order valence-corrected chi connectivity index (χ2v) is 11.5. The molecule has 0 fully saturated rings. The third-order valence-electron chi connectivity index (χ3n) is 6.25. The maximum Gasteiger partial charge on any atom is 0.279 e. The van der Waals surface area contributed by atoms with Crippen LogP contribution in [0.25, 0.3) is 10.2 Å². The van der Waals surface area contributed by atoms with Gasteiger partial charge in [0, 0.05) is 25.2 Å². The molecule has 0 spiro atoms. The molecule has 2 heterocycles. The first kappa shape index (κ1) is 23.4. The van der Waals surface area contributed by atoms with Crippen LogP contribution in [0.15, 0.2) is 89.3 Å². The van der Waals surface area contributed by atoms with Crippen LogP contribution in [0.5, 0.6) is 0 Å². The van der Waals surface area contributed by atoms with Crippen LogP contribution in [0.3, 0.4) is 0 Å². The monoisotopic (exact) mass is 503 g/mol. The second-order valence-electron chi connectivity index (χ2n) is 8.50. The molecule has 6 nitrogen and oxygen atoms in total. The molecule has 4 aromatic rings. The van der Waals surface area contributed by atoms with E-state index in [1.165, 1.54) is 45.5 Å². The Morgan fingerprint density at radius 2 is 1.80 bits per heavy atom. The van der Waals surface area contributed by atoms with Crippen molar-refractivity contribution in [1.29, 1.82) is 0 Å². The van der Waals surface area contributed by atoms with Crippen molar-refractivity contribution >= 4 is 37.5 Å². The van der Waals surface area contributed by atoms with Gasteiger partial charge in [-0.3, -0.25) is 4.79 Å². The fraction of sp³-hybridized carbons (Fsp3) is 0.185. The standard InChI is InChI=1S/C27H25N3O3S2/c1-3-16-30-25-19(2)7-6-10-24(25)34-27(30)28-26(31)21-11-13-23(14-12-21)35(32,33)29-17-15-20-8-4-5-9-22(20)18-29/h3-14H,1,15-18H2,2H3. The molecule has 0 aliphatic carbocycles. The summed E-state index contributed by atoms with van der Waals surface area (Å²) in [6.45, 7) is 7.18. The Balaban J connectivity index is 1.43. The largest absolute Gasteiger partial charge is 0.312 e. The fourth-order valence-corrected chi connectivity index (χ4v) is 6.97. The molecule has 8 heteroatoms. The first-order chi connectivity index (χ1) is 16.9. The SMILES string of the molecule is C=CCn1c(=NC(=O)c2ccc(S(=O)(=O)N3CCc4ccccc4C3)cc2)sc2cccc(C)c21. The molecular formula is C27H25N3O3S2. The zero-order valence-corrected chi connectivity index (χ0v) is 21.0. The normalized spacial score (nSPS) is 14.7. The van der Waals surface area contributed by atoms with Gasteiger partial charge in [0.2, 0.25) is 10.0 Å². The molecule has 0 N–H and O–H groups in total. The molecule has 1 amide bonds. The van der Waals surface area contributed by atoms with Crippen LogP contribution in [0.1, 0.15) is 27.0 Å². The number of para-hydroxylation sites is 1. The van der Waals surface area contributed by atoms with Crippen LogP contribution in [0, 0.1) is 6.92 Å². The van der Waals surface area contributed by atoms with Crippen LogP contribution >= 0.6 is 11.3 Å². The first-order valence-corrected chi connectivity index (χ1v) is 13.6. The highest BCUT2D eigenvalue weighted by atomic mass is 32.2. The van der Waals surface area contributed by atoms with Gasteiger partial charge >= 0.3 is 0 Å². The number of benzene rings is 3. The molecule has 1 aliphatic rings. The highest BCUT2D eigenvalue weighted by molar-refractivity contribution is 7.89. The predicted octanol–water partition coefficient (Wildman–Crippen LogP) is 4.69. The van der Waals surface area contributed by atoms with E-state index in [4.69, 9.17) is 0 Å². The molecular weight excluding hydrogens is 478 g/mol. The van der Waals surface area contributed by atoms with Gasteiger partial charge in [-0.2, -0.15) is 9.30 Å². The number of aryl methyl sites for hydroxylation is 1. The minimum atomic E-state index is -3.66. The number of carbonyl (C=O) groups is 1. The molecule has 1 aromatic heterocycles. The van der Waals surface area contributed by atoms with E-state index in [2.05, 4.69) is 11.6 Å². The molecule has 35 heavy (non-hydrogen) atoms. The van der Waals surface area contributed by atoms with E-state index in [1.807, 2.05) is 54.0 Å². The van der Waals surface area contributed by atoms with E-state index < -0.39 is 15.9 Å². The van der Waals surface area contributed by atoms with Crippen LogP contribution in [-0.2, 0) is 29.5 Å². The summed E-state index contributed by atoms with van der Waals surface area (Å²) in [5.41, 5.74) is 4.69. The summed E-state index contributed by atoms with van der Waals surface area (Å²) < 4.78 is 31.0. The van der Waals surface area contributed by atoms with Crippen molar-refractivity contribution in [3.63, 3.8) is 0 Å². The summed E-state index contributed by atoms with van der Waals surface area (Å²) in [5.74, 6) is -0.414.